The van der Waals surface area contributed by atoms with Crippen molar-refractivity contribution in [1.82, 2.24) is 0 Å². The first kappa shape index (κ1) is 15.1. The number of carbonyl (C=O) groups excluding carboxylic acids is 1. The third kappa shape index (κ3) is 3.77. The summed E-state index contributed by atoms with van der Waals surface area (Å²) < 4.78 is 20.5. The summed E-state index contributed by atoms with van der Waals surface area (Å²) in [5.41, 5.74) is 0.976. The Balaban J connectivity index is 2.86. The second-order valence-electron chi connectivity index (χ2n) is 3.92. The molecule has 0 bridgehead atoms. The molecule has 0 spiro atoms. The lowest BCUT2D eigenvalue weighted by atomic mass is 10.1. The van der Waals surface area contributed by atoms with Crippen molar-refractivity contribution >= 4 is 5.97 Å². The zero-order chi connectivity index (χ0) is 14.3. The lowest BCUT2D eigenvalue weighted by Gasteiger charge is -2.15. The quantitative estimate of drug-likeness (QED) is 0.710. The Kier molecular flexibility index (Phi) is 5.99. The molecular formula is C14H20O5. The Hall–Kier alpha value is -1.91. The van der Waals surface area contributed by atoms with Gasteiger partial charge >= 0.3 is 5.97 Å². The highest BCUT2D eigenvalue weighted by atomic mass is 16.5. The summed E-state index contributed by atoms with van der Waals surface area (Å²) in [5.74, 6) is 1.63. The number of esters is 1. The van der Waals surface area contributed by atoms with Gasteiger partial charge in [-0.25, -0.2) is 0 Å². The Bertz CT molecular complexity index is 428. The molecule has 0 atom stereocenters. The maximum atomic E-state index is 11.1. The predicted molar refractivity (Wildman–Crippen MR) is 71.1 cm³/mol. The van der Waals surface area contributed by atoms with Gasteiger partial charge in [0.2, 0.25) is 5.75 Å². The molecule has 0 aliphatic heterocycles. The molecule has 1 rings (SSSR count). The summed E-state index contributed by atoms with van der Waals surface area (Å²) in [6.07, 6.45) is 1.78. The number of hydrogen-bond donors (Lipinski definition) is 0. The van der Waals surface area contributed by atoms with Gasteiger partial charge in [-0.15, -0.1) is 0 Å². The van der Waals surface area contributed by atoms with E-state index in [9.17, 15) is 4.79 Å². The lowest BCUT2D eigenvalue weighted by Crippen LogP contribution is -2.02. The van der Waals surface area contributed by atoms with Gasteiger partial charge in [0, 0.05) is 6.42 Å². The summed E-state index contributed by atoms with van der Waals surface area (Å²) in [5, 5.41) is 0. The first-order valence-electron chi connectivity index (χ1n) is 6.02. The van der Waals surface area contributed by atoms with Gasteiger partial charge in [-0.3, -0.25) is 4.79 Å². The fourth-order valence-corrected chi connectivity index (χ4v) is 1.89. The maximum Gasteiger partial charge on any atom is 0.305 e. The first-order chi connectivity index (χ1) is 9.17. The summed E-state index contributed by atoms with van der Waals surface area (Å²) >= 11 is 0. The fourth-order valence-electron chi connectivity index (χ4n) is 1.89. The first-order valence-corrected chi connectivity index (χ1v) is 6.02. The van der Waals surface area contributed by atoms with E-state index in [0.29, 0.717) is 36.5 Å². The number of methoxy groups -OCH3 is 4. The normalized spacial score (nSPS) is 9.89. The number of carbonyl (C=O) groups is 1. The van der Waals surface area contributed by atoms with Gasteiger partial charge in [0.1, 0.15) is 0 Å². The van der Waals surface area contributed by atoms with Crippen LogP contribution >= 0.6 is 0 Å². The zero-order valence-electron chi connectivity index (χ0n) is 11.8. The molecule has 5 nitrogen and oxygen atoms in total. The molecule has 19 heavy (non-hydrogen) atoms. The molecule has 1 aromatic carbocycles. The molecule has 1 aromatic rings. The van der Waals surface area contributed by atoms with E-state index in [1.54, 1.807) is 21.3 Å². The van der Waals surface area contributed by atoms with E-state index in [2.05, 4.69) is 4.74 Å². The van der Waals surface area contributed by atoms with Gasteiger partial charge in [-0.1, -0.05) is 6.07 Å². The highest BCUT2D eigenvalue weighted by molar-refractivity contribution is 5.69. The minimum absolute atomic E-state index is 0.209. The third-order valence-electron chi connectivity index (χ3n) is 2.84. The molecule has 5 heteroatoms. The van der Waals surface area contributed by atoms with E-state index >= 15 is 0 Å². The molecule has 0 amide bonds. The van der Waals surface area contributed by atoms with Crippen molar-refractivity contribution in [3.63, 3.8) is 0 Å². The van der Waals surface area contributed by atoms with Crippen LogP contribution in [0.4, 0.5) is 0 Å². The van der Waals surface area contributed by atoms with Crippen molar-refractivity contribution in [1.29, 1.82) is 0 Å². The maximum absolute atomic E-state index is 11.1. The SMILES string of the molecule is COC(=O)CCCc1ccc(OC)c(OC)c1OC. The molecule has 0 heterocycles. The van der Waals surface area contributed by atoms with Crippen LogP contribution in [0.15, 0.2) is 12.1 Å². The molecule has 0 saturated carbocycles. The van der Waals surface area contributed by atoms with Crippen LogP contribution in [0.1, 0.15) is 18.4 Å². The second-order valence-corrected chi connectivity index (χ2v) is 3.92. The number of ether oxygens (including phenoxy) is 4. The Labute approximate surface area is 113 Å². The van der Waals surface area contributed by atoms with Gasteiger partial charge in [0.05, 0.1) is 28.4 Å². The Morgan fingerprint density at radius 2 is 1.68 bits per heavy atom. The molecule has 0 aromatic heterocycles. The fraction of sp³-hybridized carbons (Fsp3) is 0.500. The standard InChI is InChI=1S/C14H20O5/c1-16-11-9-8-10(6-5-7-12(15)17-2)13(18-3)14(11)19-4/h8-9H,5-7H2,1-4H3. The Morgan fingerprint density at radius 3 is 2.21 bits per heavy atom. The summed E-state index contributed by atoms with van der Waals surface area (Å²) in [7, 11) is 6.12. The second kappa shape index (κ2) is 7.51. The topological polar surface area (TPSA) is 54.0 Å². The summed E-state index contributed by atoms with van der Waals surface area (Å²) in [6, 6.07) is 3.74. The van der Waals surface area contributed by atoms with Crippen LogP contribution in [0.5, 0.6) is 17.2 Å². The van der Waals surface area contributed by atoms with E-state index < -0.39 is 0 Å². The van der Waals surface area contributed by atoms with Crippen LogP contribution in [0.3, 0.4) is 0 Å². The van der Waals surface area contributed by atoms with Crippen molar-refractivity contribution in [3.8, 4) is 17.2 Å². The van der Waals surface area contributed by atoms with E-state index in [1.807, 2.05) is 12.1 Å². The molecule has 0 saturated heterocycles. The van der Waals surface area contributed by atoms with E-state index in [4.69, 9.17) is 14.2 Å². The minimum Gasteiger partial charge on any atom is -0.493 e. The van der Waals surface area contributed by atoms with Crippen LogP contribution in [-0.4, -0.2) is 34.4 Å². The van der Waals surface area contributed by atoms with Crippen LogP contribution in [0, 0.1) is 0 Å². The number of hydrogen-bond acceptors (Lipinski definition) is 5. The van der Waals surface area contributed by atoms with Crippen LogP contribution in [0.25, 0.3) is 0 Å². The van der Waals surface area contributed by atoms with E-state index in [-0.39, 0.29) is 5.97 Å². The zero-order valence-corrected chi connectivity index (χ0v) is 11.8. The number of rotatable bonds is 7. The van der Waals surface area contributed by atoms with Crippen molar-refractivity contribution in [2.24, 2.45) is 0 Å². The summed E-state index contributed by atoms with van der Waals surface area (Å²) in [4.78, 5) is 11.1. The smallest absolute Gasteiger partial charge is 0.305 e. The van der Waals surface area contributed by atoms with Gasteiger partial charge in [-0.2, -0.15) is 0 Å². The average molecular weight is 268 g/mol. The molecule has 0 aliphatic carbocycles. The molecule has 0 fully saturated rings. The van der Waals surface area contributed by atoms with Gasteiger partial charge in [0.25, 0.3) is 0 Å². The van der Waals surface area contributed by atoms with Gasteiger partial charge < -0.3 is 18.9 Å². The van der Waals surface area contributed by atoms with Crippen LogP contribution in [-0.2, 0) is 16.0 Å². The number of aryl methyl sites for hydroxylation is 1. The molecule has 0 N–H and O–H groups in total. The highest BCUT2D eigenvalue weighted by Gasteiger charge is 2.15. The molecule has 0 aliphatic rings. The summed E-state index contributed by atoms with van der Waals surface area (Å²) in [6.45, 7) is 0. The van der Waals surface area contributed by atoms with Gasteiger partial charge in [0.15, 0.2) is 11.5 Å². The van der Waals surface area contributed by atoms with Crippen LogP contribution in [0.2, 0.25) is 0 Å². The minimum atomic E-state index is -0.209. The molecule has 0 unspecified atom stereocenters. The predicted octanol–water partition coefficient (Wildman–Crippen LogP) is 2.21. The van der Waals surface area contributed by atoms with E-state index in [0.717, 1.165) is 5.56 Å². The third-order valence-corrected chi connectivity index (χ3v) is 2.84. The van der Waals surface area contributed by atoms with E-state index in [1.165, 1.54) is 7.11 Å². The average Bonchev–Trinajstić information content (AvgIpc) is 2.45. The highest BCUT2D eigenvalue weighted by Crippen LogP contribution is 2.40. The molecule has 0 radical (unpaired) electrons. The van der Waals surface area contributed by atoms with Crippen molar-refractivity contribution in [3.05, 3.63) is 17.7 Å². The van der Waals surface area contributed by atoms with Crippen molar-refractivity contribution < 1.29 is 23.7 Å². The monoisotopic (exact) mass is 268 g/mol. The van der Waals surface area contributed by atoms with Gasteiger partial charge in [-0.05, 0) is 24.5 Å². The van der Waals surface area contributed by atoms with Crippen molar-refractivity contribution in [2.45, 2.75) is 19.3 Å². The largest absolute Gasteiger partial charge is 0.493 e. The molecule has 106 valence electrons. The van der Waals surface area contributed by atoms with Crippen molar-refractivity contribution in [2.75, 3.05) is 28.4 Å². The van der Waals surface area contributed by atoms with Crippen LogP contribution < -0.4 is 14.2 Å². The number of benzene rings is 1. The lowest BCUT2D eigenvalue weighted by molar-refractivity contribution is -0.140. The Morgan fingerprint density at radius 1 is 1.00 bits per heavy atom. The molecular weight excluding hydrogens is 248 g/mol.